The first-order chi connectivity index (χ1) is 13.4. The van der Waals surface area contributed by atoms with Crippen LogP contribution in [-0.4, -0.2) is 30.8 Å². The topological polar surface area (TPSA) is 99.3 Å². The summed E-state index contributed by atoms with van der Waals surface area (Å²) < 4.78 is 0. The van der Waals surface area contributed by atoms with Crippen molar-refractivity contribution >= 4 is 35.0 Å². The summed E-state index contributed by atoms with van der Waals surface area (Å²) in [5, 5.41) is 6.24. The van der Waals surface area contributed by atoms with Crippen LogP contribution in [0.4, 0.5) is 5.69 Å². The summed E-state index contributed by atoms with van der Waals surface area (Å²) in [6.07, 6.45) is 0.620. The van der Waals surface area contributed by atoms with Crippen LogP contribution in [0.1, 0.15) is 28.8 Å². The molecule has 4 N–H and O–H groups in total. The van der Waals surface area contributed by atoms with E-state index < -0.39 is 0 Å². The predicted octanol–water partition coefficient (Wildman–Crippen LogP) is 2.42. The second-order valence-electron chi connectivity index (χ2n) is 6.18. The van der Waals surface area contributed by atoms with Crippen molar-refractivity contribution in [3.8, 4) is 0 Å². The van der Waals surface area contributed by atoms with Crippen LogP contribution < -0.4 is 21.5 Å². The fourth-order valence-electron chi connectivity index (χ4n) is 2.25. The van der Waals surface area contributed by atoms with Gasteiger partial charge in [-0.1, -0.05) is 29.3 Å². The van der Waals surface area contributed by atoms with Crippen molar-refractivity contribution < 1.29 is 14.4 Å². The number of anilines is 1. The molecule has 0 fully saturated rings. The number of benzene rings is 2. The second kappa shape index (κ2) is 10.9. The van der Waals surface area contributed by atoms with Gasteiger partial charge in [0.15, 0.2) is 0 Å². The molecule has 0 bridgehead atoms. The normalized spacial score (nSPS) is 10.1. The molecule has 0 saturated heterocycles. The highest BCUT2D eigenvalue weighted by atomic mass is 35.5. The number of hydrogen-bond acceptors (Lipinski definition) is 4. The molecule has 0 radical (unpaired) electrons. The zero-order chi connectivity index (χ0) is 20.4. The molecule has 7 nitrogen and oxygen atoms in total. The Labute approximate surface area is 168 Å². The van der Waals surface area contributed by atoms with Crippen LogP contribution in [0.25, 0.3) is 0 Å². The molecule has 0 heterocycles. The number of rotatable bonds is 8. The van der Waals surface area contributed by atoms with Crippen LogP contribution in [0, 0.1) is 6.92 Å². The minimum Gasteiger partial charge on any atom is -0.376 e. The van der Waals surface area contributed by atoms with Gasteiger partial charge in [0.2, 0.25) is 5.91 Å². The average molecular weight is 403 g/mol. The molecule has 8 heteroatoms. The van der Waals surface area contributed by atoms with E-state index in [0.717, 1.165) is 11.3 Å². The first-order valence-corrected chi connectivity index (χ1v) is 9.24. The third-order valence-electron chi connectivity index (χ3n) is 3.82. The zero-order valence-corrected chi connectivity index (χ0v) is 16.3. The molecule has 0 aliphatic heterocycles. The van der Waals surface area contributed by atoms with Gasteiger partial charge in [0.05, 0.1) is 6.54 Å². The van der Waals surface area contributed by atoms with Crippen LogP contribution in [0.5, 0.6) is 0 Å². The number of amides is 3. The molecule has 0 saturated carbocycles. The summed E-state index contributed by atoms with van der Waals surface area (Å²) in [4.78, 5) is 35.4. The third-order valence-corrected chi connectivity index (χ3v) is 4.07. The van der Waals surface area contributed by atoms with Gasteiger partial charge in [-0.05, 0) is 49.7 Å². The maximum absolute atomic E-state index is 11.9. The Morgan fingerprint density at radius 1 is 0.893 bits per heavy atom. The lowest BCUT2D eigenvalue weighted by Crippen LogP contribution is -2.44. The number of nitrogens with one attached hydrogen (secondary N) is 4. The second-order valence-corrected chi connectivity index (χ2v) is 6.62. The quantitative estimate of drug-likeness (QED) is 0.402. The third kappa shape index (κ3) is 7.67. The lowest BCUT2D eigenvalue weighted by molar-refractivity contribution is -0.128. The van der Waals surface area contributed by atoms with Gasteiger partial charge in [-0.25, -0.2) is 0 Å². The number of hydrogen-bond donors (Lipinski definition) is 4. The van der Waals surface area contributed by atoms with Gasteiger partial charge in [-0.3, -0.25) is 25.2 Å². The number of aryl methyl sites for hydroxylation is 1. The molecule has 0 atom stereocenters. The van der Waals surface area contributed by atoms with E-state index in [2.05, 4.69) is 21.5 Å². The van der Waals surface area contributed by atoms with Crippen LogP contribution in [0.2, 0.25) is 5.02 Å². The molecule has 0 aromatic heterocycles. The van der Waals surface area contributed by atoms with Crippen LogP contribution in [0.3, 0.4) is 0 Å². The summed E-state index contributed by atoms with van der Waals surface area (Å²) in [5.41, 5.74) is 7.15. The Balaban J connectivity index is 1.56. The van der Waals surface area contributed by atoms with Crippen molar-refractivity contribution in [3.05, 3.63) is 64.7 Å². The Morgan fingerprint density at radius 3 is 2.21 bits per heavy atom. The minimum absolute atomic E-state index is 0.0422. The van der Waals surface area contributed by atoms with Crippen LogP contribution in [0.15, 0.2) is 48.5 Å². The van der Waals surface area contributed by atoms with E-state index in [1.807, 2.05) is 31.2 Å². The van der Waals surface area contributed by atoms with Crippen molar-refractivity contribution in [1.29, 1.82) is 0 Å². The van der Waals surface area contributed by atoms with Crippen molar-refractivity contribution in [1.82, 2.24) is 16.2 Å². The molecule has 28 heavy (non-hydrogen) atoms. The van der Waals surface area contributed by atoms with Crippen molar-refractivity contribution in [3.63, 3.8) is 0 Å². The van der Waals surface area contributed by atoms with Crippen LogP contribution >= 0.6 is 11.6 Å². The average Bonchev–Trinajstić information content (AvgIpc) is 2.69. The number of carbonyl (C=O) groups excluding carboxylic acids is 3. The van der Waals surface area contributed by atoms with E-state index in [0.29, 0.717) is 23.6 Å². The number of hydrazine groups is 1. The van der Waals surface area contributed by atoms with Gasteiger partial charge in [-0.15, -0.1) is 0 Å². The minimum atomic E-state index is -0.357. The summed E-state index contributed by atoms with van der Waals surface area (Å²) >= 11 is 5.78. The van der Waals surface area contributed by atoms with Gasteiger partial charge < -0.3 is 10.6 Å². The molecule has 2 aromatic rings. The lowest BCUT2D eigenvalue weighted by atomic mass is 10.2. The zero-order valence-electron chi connectivity index (χ0n) is 15.5. The Morgan fingerprint density at radius 2 is 1.54 bits per heavy atom. The van der Waals surface area contributed by atoms with Crippen LogP contribution in [-0.2, 0) is 9.59 Å². The predicted molar refractivity (Wildman–Crippen MR) is 109 cm³/mol. The molecule has 148 valence electrons. The SMILES string of the molecule is Cc1ccc(NCC(=O)NNC(=O)CCCNC(=O)c2ccc(Cl)cc2)cc1. The highest BCUT2D eigenvalue weighted by Gasteiger charge is 2.07. The summed E-state index contributed by atoms with van der Waals surface area (Å²) in [6.45, 7) is 2.37. The Hall–Kier alpha value is -3.06. The smallest absolute Gasteiger partial charge is 0.257 e. The molecular weight excluding hydrogens is 380 g/mol. The number of carbonyl (C=O) groups is 3. The van der Waals surface area contributed by atoms with Crippen molar-refractivity contribution in [2.24, 2.45) is 0 Å². The largest absolute Gasteiger partial charge is 0.376 e. The molecule has 3 amide bonds. The first-order valence-electron chi connectivity index (χ1n) is 8.86. The van der Waals surface area contributed by atoms with Gasteiger partial charge in [0.1, 0.15) is 0 Å². The van der Waals surface area contributed by atoms with Crippen molar-refractivity contribution in [2.75, 3.05) is 18.4 Å². The molecule has 2 aromatic carbocycles. The number of halogens is 1. The maximum Gasteiger partial charge on any atom is 0.257 e. The summed E-state index contributed by atoms with van der Waals surface area (Å²) in [5.74, 6) is -0.915. The van der Waals surface area contributed by atoms with E-state index in [4.69, 9.17) is 11.6 Å². The highest BCUT2D eigenvalue weighted by Crippen LogP contribution is 2.09. The molecule has 0 aliphatic carbocycles. The van der Waals surface area contributed by atoms with Gasteiger partial charge in [0, 0.05) is 29.2 Å². The van der Waals surface area contributed by atoms with Gasteiger partial charge >= 0.3 is 0 Å². The monoisotopic (exact) mass is 402 g/mol. The van der Waals surface area contributed by atoms with Crippen molar-refractivity contribution in [2.45, 2.75) is 19.8 Å². The molecule has 0 aliphatic rings. The molecule has 0 unspecified atom stereocenters. The standard InChI is InChI=1S/C20H23ClN4O3/c1-14-4-10-17(11-5-14)23-13-19(27)25-24-18(26)3-2-12-22-20(28)15-6-8-16(21)9-7-15/h4-11,23H,2-3,12-13H2,1H3,(H,22,28)(H,24,26)(H,25,27). The van der Waals surface area contributed by atoms with E-state index in [1.165, 1.54) is 0 Å². The van der Waals surface area contributed by atoms with E-state index in [1.54, 1.807) is 24.3 Å². The lowest BCUT2D eigenvalue weighted by Gasteiger charge is -2.09. The van der Waals surface area contributed by atoms with E-state index >= 15 is 0 Å². The molecular formula is C20H23ClN4O3. The Kier molecular flexibility index (Phi) is 8.30. The molecule has 2 rings (SSSR count). The summed E-state index contributed by atoms with van der Waals surface area (Å²) in [6, 6.07) is 14.2. The molecule has 0 spiro atoms. The fraction of sp³-hybridized carbons (Fsp3) is 0.250. The van der Waals surface area contributed by atoms with E-state index in [9.17, 15) is 14.4 Å². The first kappa shape index (κ1) is 21.2. The summed E-state index contributed by atoms with van der Waals surface area (Å²) in [7, 11) is 0. The Bertz CT molecular complexity index is 807. The fourth-order valence-corrected chi connectivity index (χ4v) is 2.38. The van der Waals surface area contributed by atoms with Gasteiger partial charge in [0.25, 0.3) is 11.8 Å². The van der Waals surface area contributed by atoms with E-state index in [-0.39, 0.29) is 30.7 Å². The highest BCUT2D eigenvalue weighted by molar-refractivity contribution is 6.30. The maximum atomic E-state index is 11.9. The van der Waals surface area contributed by atoms with Gasteiger partial charge in [-0.2, -0.15) is 0 Å².